The van der Waals surface area contributed by atoms with Crippen molar-refractivity contribution in [2.75, 3.05) is 13.7 Å². The van der Waals surface area contributed by atoms with Crippen LogP contribution in [0.2, 0.25) is 0 Å². The largest absolute Gasteiger partial charge is 0.377 e. The first-order valence-electron chi connectivity index (χ1n) is 5.83. The van der Waals surface area contributed by atoms with E-state index in [0.717, 1.165) is 13.0 Å². The van der Waals surface area contributed by atoms with E-state index in [4.69, 9.17) is 4.74 Å². The highest BCUT2D eigenvalue weighted by molar-refractivity contribution is 14.1. The number of nitrogens with one attached hydrogen (secondary N) is 1. The average Bonchev–Trinajstić information content (AvgIpc) is 2.82. The normalized spacial score (nSPS) is 22.2. The molecule has 0 aromatic heterocycles. The molecule has 0 spiro atoms. The molecule has 2 unspecified atom stereocenters. The van der Waals surface area contributed by atoms with Crippen molar-refractivity contribution in [3.8, 4) is 0 Å². The molecule has 88 valence electrons. The first-order chi connectivity index (χ1) is 7.79. The Bertz CT molecular complexity index is 319. The first-order valence-corrected chi connectivity index (χ1v) is 6.91. The van der Waals surface area contributed by atoms with Crippen LogP contribution in [0.5, 0.6) is 0 Å². The number of hydrogen-bond acceptors (Lipinski definition) is 2. The monoisotopic (exact) mass is 331 g/mol. The third kappa shape index (κ3) is 3.18. The van der Waals surface area contributed by atoms with Crippen LogP contribution in [0.4, 0.5) is 0 Å². The molecule has 1 aliphatic heterocycles. The predicted octanol–water partition coefficient (Wildman–Crippen LogP) is 2.60. The van der Waals surface area contributed by atoms with Gasteiger partial charge in [-0.15, -0.1) is 0 Å². The maximum atomic E-state index is 5.74. The summed E-state index contributed by atoms with van der Waals surface area (Å²) in [6, 6.07) is 9.20. The van der Waals surface area contributed by atoms with Crippen molar-refractivity contribution >= 4 is 22.6 Å². The van der Waals surface area contributed by atoms with Gasteiger partial charge in [-0.2, -0.15) is 0 Å². The van der Waals surface area contributed by atoms with E-state index in [0.29, 0.717) is 12.1 Å². The zero-order valence-corrected chi connectivity index (χ0v) is 11.7. The van der Waals surface area contributed by atoms with Crippen molar-refractivity contribution < 1.29 is 4.74 Å². The van der Waals surface area contributed by atoms with Gasteiger partial charge in [-0.05, 0) is 66.6 Å². The summed E-state index contributed by atoms with van der Waals surface area (Å²) < 4.78 is 7.03. The van der Waals surface area contributed by atoms with Crippen LogP contribution in [0.25, 0.3) is 0 Å². The molecule has 2 nitrogen and oxygen atoms in total. The minimum atomic E-state index is 0.393. The maximum absolute atomic E-state index is 5.74. The summed E-state index contributed by atoms with van der Waals surface area (Å²) in [6.45, 7) is 0.926. The fourth-order valence-corrected chi connectivity index (χ4v) is 2.57. The van der Waals surface area contributed by atoms with Crippen molar-refractivity contribution in [1.29, 1.82) is 0 Å². The van der Waals surface area contributed by atoms with Crippen LogP contribution in [0.1, 0.15) is 18.4 Å². The van der Waals surface area contributed by atoms with Crippen LogP contribution in [0, 0.1) is 3.57 Å². The Balaban J connectivity index is 1.97. The molecule has 16 heavy (non-hydrogen) atoms. The number of likely N-dealkylation sites (N-methyl/N-ethyl adjacent to an activating group) is 1. The Kier molecular flexibility index (Phi) is 4.61. The second kappa shape index (κ2) is 5.98. The molecule has 1 N–H and O–H groups in total. The highest BCUT2D eigenvalue weighted by Gasteiger charge is 2.24. The van der Waals surface area contributed by atoms with Gasteiger partial charge in [0, 0.05) is 16.2 Å². The quantitative estimate of drug-likeness (QED) is 0.857. The van der Waals surface area contributed by atoms with Gasteiger partial charge >= 0.3 is 0 Å². The first kappa shape index (κ1) is 12.3. The third-order valence-corrected chi connectivity index (χ3v) is 3.87. The SMILES string of the molecule is CNC(Cc1ccc(I)cc1)C1CCCO1. The number of ether oxygens (including phenoxy) is 1. The molecule has 1 aliphatic rings. The van der Waals surface area contributed by atoms with Crippen LogP contribution < -0.4 is 5.32 Å². The molecule has 0 radical (unpaired) electrons. The summed E-state index contributed by atoms with van der Waals surface area (Å²) in [5.74, 6) is 0. The molecule has 0 aliphatic carbocycles. The maximum Gasteiger partial charge on any atom is 0.0732 e. The van der Waals surface area contributed by atoms with Crippen molar-refractivity contribution in [3.63, 3.8) is 0 Å². The highest BCUT2D eigenvalue weighted by Crippen LogP contribution is 2.19. The number of hydrogen-bond donors (Lipinski definition) is 1. The fourth-order valence-electron chi connectivity index (χ4n) is 2.21. The van der Waals surface area contributed by atoms with Crippen molar-refractivity contribution in [2.24, 2.45) is 0 Å². The van der Waals surface area contributed by atoms with Gasteiger partial charge in [-0.25, -0.2) is 0 Å². The van der Waals surface area contributed by atoms with E-state index in [1.807, 2.05) is 7.05 Å². The van der Waals surface area contributed by atoms with Gasteiger partial charge in [-0.1, -0.05) is 12.1 Å². The van der Waals surface area contributed by atoms with E-state index >= 15 is 0 Å². The van der Waals surface area contributed by atoms with Gasteiger partial charge < -0.3 is 10.1 Å². The lowest BCUT2D eigenvalue weighted by atomic mass is 10.00. The Morgan fingerprint density at radius 1 is 1.44 bits per heavy atom. The van der Waals surface area contributed by atoms with E-state index in [9.17, 15) is 0 Å². The van der Waals surface area contributed by atoms with Gasteiger partial charge in [0.2, 0.25) is 0 Å². The van der Waals surface area contributed by atoms with Gasteiger partial charge in [0.25, 0.3) is 0 Å². The summed E-state index contributed by atoms with van der Waals surface area (Å²) in [5.41, 5.74) is 1.38. The second-order valence-electron chi connectivity index (χ2n) is 4.28. The van der Waals surface area contributed by atoms with E-state index in [2.05, 4.69) is 52.2 Å². The van der Waals surface area contributed by atoms with Crippen molar-refractivity contribution in [2.45, 2.75) is 31.4 Å². The molecule has 0 amide bonds. The standard InChI is InChI=1S/C13H18INO/c1-15-12(13-3-2-8-16-13)9-10-4-6-11(14)7-5-10/h4-7,12-13,15H,2-3,8-9H2,1H3. The summed E-state index contributed by atoms with van der Waals surface area (Å²) >= 11 is 2.34. The van der Waals surface area contributed by atoms with E-state index in [1.165, 1.54) is 22.0 Å². The molecule has 2 atom stereocenters. The molecular weight excluding hydrogens is 313 g/mol. The van der Waals surface area contributed by atoms with Gasteiger partial charge in [0.1, 0.15) is 0 Å². The summed E-state index contributed by atoms with van der Waals surface area (Å²) in [7, 11) is 2.03. The van der Waals surface area contributed by atoms with E-state index in [-0.39, 0.29) is 0 Å². The van der Waals surface area contributed by atoms with Crippen molar-refractivity contribution in [1.82, 2.24) is 5.32 Å². The molecule has 0 saturated carbocycles. The number of rotatable bonds is 4. The van der Waals surface area contributed by atoms with Crippen LogP contribution >= 0.6 is 22.6 Å². The molecule has 1 aromatic carbocycles. The molecule has 1 heterocycles. The van der Waals surface area contributed by atoms with Crippen molar-refractivity contribution in [3.05, 3.63) is 33.4 Å². The molecule has 1 saturated heterocycles. The minimum absolute atomic E-state index is 0.393. The predicted molar refractivity (Wildman–Crippen MR) is 74.7 cm³/mol. The molecule has 1 fully saturated rings. The second-order valence-corrected chi connectivity index (χ2v) is 5.52. The van der Waals surface area contributed by atoms with E-state index < -0.39 is 0 Å². The molecular formula is C13H18INO. The Labute approximate surface area is 111 Å². The van der Waals surface area contributed by atoms with Crippen LogP contribution in [0.15, 0.2) is 24.3 Å². The lowest BCUT2D eigenvalue weighted by Gasteiger charge is -2.22. The molecule has 0 bridgehead atoms. The van der Waals surface area contributed by atoms with Crippen LogP contribution in [0.3, 0.4) is 0 Å². The Hall–Kier alpha value is -0.130. The summed E-state index contributed by atoms with van der Waals surface area (Å²) in [6.07, 6.45) is 3.84. The molecule has 2 rings (SSSR count). The lowest BCUT2D eigenvalue weighted by Crippen LogP contribution is -2.39. The topological polar surface area (TPSA) is 21.3 Å². The smallest absolute Gasteiger partial charge is 0.0732 e. The third-order valence-electron chi connectivity index (χ3n) is 3.15. The lowest BCUT2D eigenvalue weighted by molar-refractivity contribution is 0.0808. The summed E-state index contributed by atoms with van der Waals surface area (Å²) in [5, 5.41) is 3.38. The zero-order chi connectivity index (χ0) is 11.4. The van der Waals surface area contributed by atoms with Gasteiger partial charge in [0.05, 0.1) is 6.10 Å². The molecule has 1 aromatic rings. The van der Waals surface area contributed by atoms with E-state index in [1.54, 1.807) is 0 Å². The van der Waals surface area contributed by atoms with Crippen LogP contribution in [-0.2, 0) is 11.2 Å². The van der Waals surface area contributed by atoms with Gasteiger partial charge in [0.15, 0.2) is 0 Å². The Morgan fingerprint density at radius 3 is 2.75 bits per heavy atom. The zero-order valence-electron chi connectivity index (χ0n) is 9.58. The fraction of sp³-hybridized carbons (Fsp3) is 0.538. The average molecular weight is 331 g/mol. The number of halogens is 1. The molecule has 3 heteroatoms. The van der Waals surface area contributed by atoms with Gasteiger partial charge in [-0.3, -0.25) is 0 Å². The highest BCUT2D eigenvalue weighted by atomic mass is 127. The minimum Gasteiger partial charge on any atom is -0.377 e. The number of benzene rings is 1. The van der Waals surface area contributed by atoms with Crippen LogP contribution in [-0.4, -0.2) is 25.8 Å². The Morgan fingerprint density at radius 2 is 2.19 bits per heavy atom. The summed E-state index contributed by atoms with van der Waals surface area (Å²) in [4.78, 5) is 0.